The smallest absolute Gasteiger partial charge is 0.411 e. The molecule has 1 aliphatic rings. The van der Waals surface area contributed by atoms with E-state index in [0.29, 0.717) is 0 Å². The molecule has 1 aromatic rings. The lowest BCUT2D eigenvalue weighted by atomic mass is 9.73. The summed E-state index contributed by atoms with van der Waals surface area (Å²) in [5.74, 6) is 0. The number of allylic oxidation sites excluding steroid dienone is 1. The van der Waals surface area contributed by atoms with Crippen LogP contribution in [-0.4, -0.2) is 32.7 Å². The quantitative estimate of drug-likeness (QED) is 0.631. The molecule has 1 aromatic carbocycles. The van der Waals surface area contributed by atoms with Crippen LogP contribution in [0.5, 0.6) is 0 Å². The summed E-state index contributed by atoms with van der Waals surface area (Å²) in [6, 6.07) is 8.62. The molecule has 0 aromatic heterocycles. The highest BCUT2D eigenvalue weighted by Crippen LogP contribution is 2.42. The van der Waals surface area contributed by atoms with Crippen LogP contribution in [-0.2, 0) is 13.7 Å². The Bertz CT molecular complexity index is 659. The summed E-state index contributed by atoms with van der Waals surface area (Å²) < 4.78 is 19.2. The van der Waals surface area contributed by atoms with Gasteiger partial charge in [-0.1, -0.05) is 35.0 Å². The Morgan fingerprint density at radius 2 is 1.46 bits per heavy atom. The van der Waals surface area contributed by atoms with Gasteiger partial charge in [-0.15, -0.1) is 0 Å². The van der Waals surface area contributed by atoms with Crippen molar-refractivity contribution in [2.24, 2.45) is 0 Å². The van der Waals surface area contributed by atoms with Crippen LogP contribution in [0.3, 0.4) is 0 Å². The molecule has 5 heteroatoms. The van der Waals surface area contributed by atoms with Crippen LogP contribution in [0, 0.1) is 6.92 Å². The van der Waals surface area contributed by atoms with E-state index in [1.54, 1.807) is 0 Å². The Hall–Kier alpha value is -0.878. The number of benzene rings is 1. The fourth-order valence-corrected chi connectivity index (χ4v) is 5.49. The fraction of sp³-hybridized carbons (Fsp3) is 0.619. The van der Waals surface area contributed by atoms with Crippen LogP contribution in [0.15, 0.2) is 29.5 Å². The van der Waals surface area contributed by atoms with Crippen LogP contribution in [0.25, 0.3) is 5.47 Å². The predicted molar refractivity (Wildman–Crippen MR) is 114 cm³/mol. The van der Waals surface area contributed by atoms with E-state index in [4.69, 9.17) is 13.7 Å². The van der Waals surface area contributed by atoms with Gasteiger partial charge in [0.2, 0.25) is 8.32 Å². The van der Waals surface area contributed by atoms with Crippen molar-refractivity contribution in [3.63, 3.8) is 0 Å². The first-order valence-electron chi connectivity index (χ1n) is 9.58. The highest BCUT2D eigenvalue weighted by Gasteiger charge is 2.53. The van der Waals surface area contributed by atoms with E-state index >= 15 is 0 Å². The Morgan fingerprint density at radius 1 is 1.00 bits per heavy atom. The number of hydrogen-bond donors (Lipinski definition) is 0. The third kappa shape index (κ3) is 4.33. The maximum Gasteiger partial charge on any atom is 0.495 e. The van der Waals surface area contributed by atoms with Gasteiger partial charge < -0.3 is 13.7 Å². The summed E-state index contributed by atoms with van der Waals surface area (Å²) in [5, 5.41) is 1.27. The fourth-order valence-electron chi connectivity index (χ4n) is 3.23. The molecule has 1 saturated heterocycles. The summed E-state index contributed by atoms with van der Waals surface area (Å²) >= 11 is 0. The molecule has 0 bridgehead atoms. The number of aryl methyl sites for hydroxylation is 1. The van der Waals surface area contributed by atoms with E-state index < -0.39 is 8.32 Å². The van der Waals surface area contributed by atoms with E-state index in [9.17, 15) is 0 Å². The van der Waals surface area contributed by atoms with Crippen molar-refractivity contribution < 1.29 is 13.7 Å². The van der Waals surface area contributed by atoms with E-state index in [1.807, 2.05) is 0 Å². The topological polar surface area (TPSA) is 27.7 Å². The molecule has 3 nitrogen and oxygen atoms in total. The Balaban J connectivity index is 2.57. The van der Waals surface area contributed by atoms with Crippen molar-refractivity contribution in [1.29, 1.82) is 0 Å². The minimum absolute atomic E-state index is 0.198. The Kier molecular flexibility index (Phi) is 5.99. The first-order chi connectivity index (χ1) is 11.8. The van der Waals surface area contributed by atoms with Gasteiger partial charge in [-0.3, -0.25) is 0 Å². The standard InChI is InChI=1S/C21H35BO3Si/c1-15(2)23-26(9,10)17(4)19(18-13-11-16(3)12-14-18)22-24-20(5,6)21(7,8)25-22/h11-15H,1-10H3/b19-17-. The minimum atomic E-state index is -2.07. The molecule has 0 spiro atoms. The molecule has 144 valence electrons. The maximum absolute atomic E-state index is 6.42. The Labute approximate surface area is 161 Å². The van der Waals surface area contributed by atoms with E-state index in [2.05, 4.69) is 92.7 Å². The van der Waals surface area contributed by atoms with Crippen molar-refractivity contribution in [3.05, 3.63) is 40.6 Å². The second-order valence-electron chi connectivity index (χ2n) is 9.17. The van der Waals surface area contributed by atoms with Gasteiger partial charge in [0.05, 0.1) is 11.2 Å². The molecule has 0 saturated carbocycles. The highest BCUT2D eigenvalue weighted by molar-refractivity contribution is 6.84. The van der Waals surface area contributed by atoms with E-state index in [0.717, 1.165) is 11.0 Å². The van der Waals surface area contributed by atoms with Crippen LogP contribution in [0.1, 0.15) is 59.6 Å². The Morgan fingerprint density at radius 3 is 1.88 bits per heavy atom. The zero-order chi connectivity index (χ0) is 19.9. The van der Waals surface area contributed by atoms with Gasteiger partial charge in [0.15, 0.2) is 0 Å². The van der Waals surface area contributed by atoms with Crippen LogP contribution in [0.2, 0.25) is 13.1 Å². The van der Waals surface area contributed by atoms with Crippen LogP contribution >= 0.6 is 0 Å². The summed E-state index contributed by atoms with van der Waals surface area (Å²) in [6.45, 7) is 21.4. The average Bonchev–Trinajstić information content (AvgIpc) is 2.68. The summed E-state index contributed by atoms with van der Waals surface area (Å²) in [6.07, 6.45) is 0.198. The summed E-state index contributed by atoms with van der Waals surface area (Å²) in [5.41, 5.74) is 2.80. The molecule has 0 N–H and O–H groups in total. The third-order valence-corrected chi connectivity index (χ3v) is 8.83. The molecule has 1 fully saturated rings. The predicted octanol–water partition coefficient (Wildman–Crippen LogP) is 5.57. The molecule has 0 amide bonds. The molecule has 0 unspecified atom stereocenters. The van der Waals surface area contributed by atoms with Crippen LogP contribution in [0.4, 0.5) is 0 Å². The first kappa shape index (κ1) is 21.4. The molecule has 1 heterocycles. The zero-order valence-corrected chi connectivity index (χ0v) is 19.2. The molecular weight excluding hydrogens is 339 g/mol. The summed E-state index contributed by atoms with van der Waals surface area (Å²) in [4.78, 5) is 0. The van der Waals surface area contributed by atoms with Crippen molar-refractivity contribution in [1.82, 2.24) is 0 Å². The van der Waals surface area contributed by atoms with E-state index in [1.165, 1.54) is 10.8 Å². The molecule has 1 aliphatic heterocycles. The molecule has 26 heavy (non-hydrogen) atoms. The average molecular weight is 374 g/mol. The van der Waals surface area contributed by atoms with Crippen molar-refractivity contribution in [3.8, 4) is 0 Å². The SMILES string of the molecule is C/C(=C(/B1OC(C)(C)C(C)(C)O1)c1ccc(C)cc1)[Si](C)(C)OC(C)C. The zero-order valence-electron chi connectivity index (χ0n) is 18.2. The lowest BCUT2D eigenvalue weighted by molar-refractivity contribution is 0.00578. The van der Waals surface area contributed by atoms with Gasteiger partial charge in [-0.05, 0) is 79.5 Å². The van der Waals surface area contributed by atoms with Gasteiger partial charge >= 0.3 is 7.12 Å². The second kappa shape index (κ2) is 7.27. The van der Waals surface area contributed by atoms with E-state index in [-0.39, 0.29) is 24.4 Å². The lowest BCUT2D eigenvalue weighted by Crippen LogP contribution is -2.41. The molecule has 0 atom stereocenters. The number of rotatable bonds is 5. The van der Waals surface area contributed by atoms with Gasteiger partial charge in [-0.25, -0.2) is 0 Å². The van der Waals surface area contributed by atoms with Crippen molar-refractivity contribution in [2.45, 2.75) is 85.8 Å². The first-order valence-corrected chi connectivity index (χ1v) is 12.5. The monoisotopic (exact) mass is 374 g/mol. The van der Waals surface area contributed by atoms with Crippen molar-refractivity contribution >= 4 is 20.9 Å². The normalized spacial score (nSPS) is 20.5. The maximum atomic E-state index is 6.42. The molecule has 0 radical (unpaired) electrons. The lowest BCUT2D eigenvalue weighted by Gasteiger charge is -2.32. The minimum Gasteiger partial charge on any atom is -0.411 e. The second-order valence-corrected chi connectivity index (χ2v) is 13.2. The number of hydrogen-bond acceptors (Lipinski definition) is 3. The molecule has 0 aliphatic carbocycles. The van der Waals surface area contributed by atoms with Gasteiger partial charge in [-0.2, -0.15) is 0 Å². The van der Waals surface area contributed by atoms with Gasteiger partial charge in [0, 0.05) is 6.10 Å². The van der Waals surface area contributed by atoms with Crippen LogP contribution < -0.4 is 0 Å². The highest BCUT2D eigenvalue weighted by atomic mass is 28.4. The van der Waals surface area contributed by atoms with Gasteiger partial charge in [0.25, 0.3) is 0 Å². The summed E-state index contributed by atoms with van der Waals surface area (Å²) in [7, 11) is -2.45. The third-order valence-electron chi connectivity index (χ3n) is 5.69. The molecule has 2 rings (SSSR count). The largest absolute Gasteiger partial charge is 0.495 e. The van der Waals surface area contributed by atoms with Crippen molar-refractivity contribution in [2.75, 3.05) is 0 Å². The van der Waals surface area contributed by atoms with Gasteiger partial charge in [0.1, 0.15) is 0 Å². The molecular formula is C21H35BO3Si.